The molecule has 0 aliphatic heterocycles. The van der Waals surface area contributed by atoms with Crippen LogP contribution >= 0.6 is 11.6 Å². The van der Waals surface area contributed by atoms with E-state index in [1.54, 1.807) is 30.3 Å². The van der Waals surface area contributed by atoms with Crippen LogP contribution < -0.4 is 14.8 Å². The van der Waals surface area contributed by atoms with E-state index in [0.29, 0.717) is 28.8 Å². The molecule has 0 fully saturated rings. The number of amides is 1. The summed E-state index contributed by atoms with van der Waals surface area (Å²) in [6, 6.07) is 21.8. The third-order valence-corrected chi connectivity index (χ3v) is 4.06. The second-order valence-electron chi connectivity index (χ2n) is 5.88. The number of nitrogens with one attached hydrogen (secondary N) is 1. The summed E-state index contributed by atoms with van der Waals surface area (Å²) in [6.45, 7) is 2.54. The van der Waals surface area contributed by atoms with Crippen LogP contribution in [-0.2, 0) is 4.79 Å². The summed E-state index contributed by atoms with van der Waals surface area (Å²) >= 11 is 5.87. The Bertz CT molecular complexity index is 950. The van der Waals surface area contributed by atoms with Crippen LogP contribution in [0.1, 0.15) is 12.5 Å². The maximum atomic E-state index is 12.3. The van der Waals surface area contributed by atoms with Crippen LogP contribution in [0.3, 0.4) is 0 Å². The van der Waals surface area contributed by atoms with Crippen molar-refractivity contribution in [3.05, 3.63) is 89.5 Å². The molecule has 3 rings (SSSR count). The van der Waals surface area contributed by atoms with Gasteiger partial charge in [-0.3, -0.25) is 4.79 Å². The third kappa shape index (κ3) is 5.63. The van der Waals surface area contributed by atoms with Gasteiger partial charge in [-0.25, -0.2) is 0 Å². The molecule has 3 aromatic carbocycles. The van der Waals surface area contributed by atoms with Gasteiger partial charge in [-0.1, -0.05) is 35.9 Å². The topological polar surface area (TPSA) is 47.6 Å². The van der Waals surface area contributed by atoms with E-state index in [4.69, 9.17) is 21.1 Å². The number of ether oxygens (including phenoxy) is 2. The van der Waals surface area contributed by atoms with Crippen molar-refractivity contribution < 1.29 is 14.3 Å². The maximum Gasteiger partial charge on any atom is 0.248 e. The molecule has 0 radical (unpaired) electrons. The van der Waals surface area contributed by atoms with E-state index < -0.39 is 0 Å². The van der Waals surface area contributed by atoms with Gasteiger partial charge >= 0.3 is 0 Å². The number of para-hydroxylation sites is 2. The second kappa shape index (κ2) is 9.62. The van der Waals surface area contributed by atoms with Crippen molar-refractivity contribution in [3.8, 4) is 17.2 Å². The predicted octanol–water partition coefficient (Wildman–Crippen LogP) is 6.18. The van der Waals surface area contributed by atoms with Gasteiger partial charge in [-0.2, -0.15) is 0 Å². The average Bonchev–Trinajstić information content (AvgIpc) is 2.71. The Hall–Kier alpha value is -3.24. The van der Waals surface area contributed by atoms with Crippen molar-refractivity contribution in [2.75, 3.05) is 11.9 Å². The molecular weight excluding hydrogens is 374 g/mol. The summed E-state index contributed by atoms with van der Waals surface area (Å²) in [5.41, 5.74) is 1.47. The van der Waals surface area contributed by atoms with Gasteiger partial charge in [0.2, 0.25) is 5.91 Å². The minimum atomic E-state index is -0.252. The number of benzene rings is 3. The molecule has 0 saturated heterocycles. The molecule has 0 atom stereocenters. The van der Waals surface area contributed by atoms with E-state index in [0.717, 1.165) is 11.3 Å². The van der Waals surface area contributed by atoms with Gasteiger partial charge in [-0.15, -0.1) is 0 Å². The highest BCUT2D eigenvalue weighted by atomic mass is 35.5. The maximum absolute atomic E-state index is 12.3. The largest absolute Gasteiger partial charge is 0.494 e. The number of rotatable bonds is 7. The van der Waals surface area contributed by atoms with E-state index in [9.17, 15) is 4.79 Å². The third-order valence-electron chi connectivity index (χ3n) is 3.80. The fraction of sp³-hybridized carbons (Fsp3) is 0.0870. The normalized spacial score (nSPS) is 10.6. The zero-order valence-corrected chi connectivity index (χ0v) is 16.1. The lowest BCUT2D eigenvalue weighted by atomic mass is 10.2. The van der Waals surface area contributed by atoms with Crippen molar-refractivity contribution in [1.82, 2.24) is 0 Å². The first kappa shape index (κ1) is 19.5. The second-order valence-corrected chi connectivity index (χ2v) is 6.31. The molecule has 0 bridgehead atoms. The van der Waals surface area contributed by atoms with Crippen LogP contribution in [-0.4, -0.2) is 12.5 Å². The van der Waals surface area contributed by atoms with Crippen LogP contribution in [0.4, 0.5) is 5.69 Å². The number of hydrogen-bond donors (Lipinski definition) is 1. The van der Waals surface area contributed by atoms with Gasteiger partial charge in [-0.05, 0) is 67.1 Å². The molecule has 0 unspecified atom stereocenters. The van der Waals surface area contributed by atoms with Crippen LogP contribution in [0.15, 0.2) is 78.9 Å². The molecule has 5 heteroatoms. The van der Waals surface area contributed by atoms with E-state index in [-0.39, 0.29) is 5.91 Å². The number of halogens is 1. The molecule has 0 aliphatic rings. The van der Waals surface area contributed by atoms with Crippen LogP contribution in [0, 0.1) is 0 Å². The number of anilines is 1. The monoisotopic (exact) mass is 393 g/mol. The van der Waals surface area contributed by atoms with Crippen molar-refractivity contribution >= 4 is 29.3 Å². The molecule has 0 spiro atoms. The standard InChI is InChI=1S/C23H20ClNO3/c1-2-27-19-12-14-20(15-13-19)28-22-6-4-3-5-21(22)25-23(26)16-9-17-7-10-18(24)11-8-17/h3-16H,2H2,1H3,(H,25,26)/b16-9+. The fourth-order valence-corrected chi connectivity index (χ4v) is 2.60. The van der Waals surface area contributed by atoms with Crippen LogP contribution in [0.25, 0.3) is 6.08 Å². The number of carbonyl (C=O) groups excluding carboxylic acids is 1. The lowest BCUT2D eigenvalue weighted by Gasteiger charge is -2.12. The summed E-state index contributed by atoms with van der Waals surface area (Å²) < 4.78 is 11.3. The van der Waals surface area contributed by atoms with Gasteiger partial charge in [0.1, 0.15) is 11.5 Å². The van der Waals surface area contributed by atoms with Crippen LogP contribution in [0.2, 0.25) is 5.02 Å². The highest BCUT2D eigenvalue weighted by molar-refractivity contribution is 6.30. The van der Waals surface area contributed by atoms with Crippen molar-refractivity contribution in [2.45, 2.75) is 6.92 Å². The fourth-order valence-electron chi connectivity index (χ4n) is 2.48. The Morgan fingerprint density at radius 2 is 1.64 bits per heavy atom. The Balaban J connectivity index is 1.67. The van der Waals surface area contributed by atoms with E-state index >= 15 is 0 Å². The summed E-state index contributed by atoms with van der Waals surface area (Å²) in [5.74, 6) is 1.74. The average molecular weight is 394 g/mol. The Morgan fingerprint density at radius 3 is 2.36 bits per heavy atom. The molecule has 4 nitrogen and oxygen atoms in total. The van der Waals surface area contributed by atoms with Gasteiger partial charge in [0.15, 0.2) is 5.75 Å². The first-order chi connectivity index (χ1) is 13.6. The highest BCUT2D eigenvalue weighted by Crippen LogP contribution is 2.30. The highest BCUT2D eigenvalue weighted by Gasteiger charge is 2.07. The number of carbonyl (C=O) groups is 1. The van der Waals surface area contributed by atoms with Crippen LogP contribution in [0.5, 0.6) is 17.2 Å². The lowest BCUT2D eigenvalue weighted by molar-refractivity contribution is -0.111. The van der Waals surface area contributed by atoms with Gasteiger partial charge in [0, 0.05) is 11.1 Å². The zero-order chi connectivity index (χ0) is 19.8. The number of hydrogen-bond acceptors (Lipinski definition) is 3. The minimum absolute atomic E-state index is 0.252. The van der Waals surface area contributed by atoms with Crippen molar-refractivity contribution in [3.63, 3.8) is 0 Å². The first-order valence-electron chi connectivity index (χ1n) is 8.88. The van der Waals surface area contributed by atoms with Crippen molar-refractivity contribution in [2.24, 2.45) is 0 Å². The van der Waals surface area contributed by atoms with Gasteiger partial charge in [0.05, 0.1) is 12.3 Å². The molecule has 1 amide bonds. The van der Waals surface area contributed by atoms with Gasteiger partial charge in [0.25, 0.3) is 0 Å². The zero-order valence-electron chi connectivity index (χ0n) is 15.4. The lowest BCUT2D eigenvalue weighted by Crippen LogP contribution is -2.08. The predicted molar refractivity (Wildman–Crippen MR) is 113 cm³/mol. The van der Waals surface area contributed by atoms with E-state index in [1.165, 1.54) is 6.08 Å². The summed E-state index contributed by atoms with van der Waals surface area (Å²) in [5, 5.41) is 3.50. The Labute approximate surface area is 169 Å². The summed E-state index contributed by atoms with van der Waals surface area (Å²) in [6.07, 6.45) is 3.19. The minimum Gasteiger partial charge on any atom is -0.494 e. The molecule has 3 aromatic rings. The summed E-state index contributed by atoms with van der Waals surface area (Å²) in [4.78, 5) is 12.3. The molecular formula is C23H20ClNO3. The molecule has 142 valence electrons. The molecule has 1 N–H and O–H groups in total. The Kier molecular flexibility index (Phi) is 6.71. The summed E-state index contributed by atoms with van der Waals surface area (Å²) in [7, 11) is 0. The first-order valence-corrected chi connectivity index (χ1v) is 9.26. The molecule has 0 aromatic heterocycles. The SMILES string of the molecule is CCOc1ccc(Oc2ccccc2NC(=O)/C=C/c2ccc(Cl)cc2)cc1. The van der Waals surface area contributed by atoms with E-state index in [2.05, 4.69) is 5.32 Å². The van der Waals surface area contributed by atoms with E-state index in [1.807, 2.05) is 55.5 Å². The molecule has 0 saturated carbocycles. The van der Waals surface area contributed by atoms with Gasteiger partial charge < -0.3 is 14.8 Å². The van der Waals surface area contributed by atoms with Crippen molar-refractivity contribution in [1.29, 1.82) is 0 Å². The quantitative estimate of drug-likeness (QED) is 0.487. The molecule has 28 heavy (non-hydrogen) atoms. The Morgan fingerprint density at radius 1 is 0.964 bits per heavy atom. The molecule has 0 heterocycles. The smallest absolute Gasteiger partial charge is 0.248 e. The molecule has 0 aliphatic carbocycles.